The molecule has 0 saturated heterocycles. The van der Waals surface area contributed by atoms with Crippen molar-refractivity contribution in [2.45, 2.75) is 13.1 Å². The Kier molecular flexibility index (Phi) is 4.74. The van der Waals surface area contributed by atoms with Crippen LogP contribution in [0.3, 0.4) is 0 Å². The van der Waals surface area contributed by atoms with Crippen molar-refractivity contribution in [2.75, 3.05) is 19.0 Å². The van der Waals surface area contributed by atoms with Crippen molar-refractivity contribution in [3.05, 3.63) is 44.7 Å². The number of aromatic nitrogens is 1. The van der Waals surface area contributed by atoms with Gasteiger partial charge in [-0.05, 0) is 40.5 Å². The Hall–Kier alpha value is -0.910. The predicted molar refractivity (Wildman–Crippen MR) is 81.1 cm³/mol. The Morgan fingerprint density at radius 3 is 3.00 bits per heavy atom. The third-order valence-corrected chi connectivity index (χ3v) is 3.91. The van der Waals surface area contributed by atoms with E-state index in [0.29, 0.717) is 0 Å². The molecule has 0 radical (unpaired) electrons. The van der Waals surface area contributed by atoms with Crippen molar-refractivity contribution in [2.24, 2.45) is 0 Å². The third kappa shape index (κ3) is 3.31. The van der Waals surface area contributed by atoms with Gasteiger partial charge >= 0.3 is 0 Å². The van der Waals surface area contributed by atoms with Crippen LogP contribution < -0.4 is 10.2 Å². The number of rotatable bonds is 5. The molecule has 96 valence electrons. The maximum atomic E-state index is 4.52. The van der Waals surface area contributed by atoms with Gasteiger partial charge in [0.15, 0.2) is 0 Å². The fraction of sp³-hybridized carbons (Fsp3) is 0.308. The van der Waals surface area contributed by atoms with Crippen molar-refractivity contribution in [3.63, 3.8) is 0 Å². The monoisotopic (exact) mass is 325 g/mol. The van der Waals surface area contributed by atoms with Gasteiger partial charge in [-0.25, -0.2) is 4.98 Å². The summed E-state index contributed by atoms with van der Waals surface area (Å²) in [6.07, 6.45) is 1.85. The van der Waals surface area contributed by atoms with Crippen LogP contribution in [0.15, 0.2) is 34.2 Å². The average Bonchev–Trinajstić information content (AvgIpc) is 2.82. The second-order valence-corrected chi connectivity index (χ2v) is 6.05. The first-order valence-corrected chi connectivity index (χ1v) is 7.40. The van der Waals surface area contributed by atoms with Crippen LogP contribution in [-0.4, -0.2) is 19.1 Å². The first-order valence-electron chi connectivity index (χ1n) is 5.73. The summed E-state index contributed by atoms with van der Waals surface area (Å²) in [4.78, 5) is 8.05. The molecule has 2 rings (SSSR count). The maximum absolute atomic E-state index is 4.52. The van der Waals surface area contributed by atoms with E-state index in [2.05, 4.69) is 61.8 Å². The molecule has 0 spiro atoms. The van der Waals surface area contributed by atoms with Crippen LogP contribution in [0.4, 0.5) is 5.82 Å². The van der Waals surface area contributed by atoms with Gasteiger partial charge in [0.2, 0.25) is 0 Å². The lowest BCUT2D eigenvalue weighted by Crippen LogP contribution is -2.20. The molecule has 18 heavy (non-hydrogen) atoms. The molecule has 2 aromatic heterocycles. The summed E-state index contributed by atoms with van der Waals surface area (Å²) in [6.45, 7) is 1.71. The van der Waals surface area contributed by atoms with E-state index >= 15 is 0 Å². The molecule has 1 N–H and O–H groups in total. The second kappa shape index (κ2) is 6.31. The van der Waals surface area contributed by atoms with E-state index in [0.717, 1.165) is 23.4 Å². The molecular formula is C13H16BrN3S. The van der Waals surface area contributed by atoms with Gasteiger partial charge in [0.05, 0.1) is 6.54 Å². The van der Waals surface area contributed by atoms with E-state index in [1.807, 2.05) is 13.2 Å². The van der Waals surface area contributed by atoms with Gasteiger partial charge in [-0.2, -0.15) is 0 Å². The van der Waals surface area contributed by atoms with E-state index in [1.54, 1.807) is 11.3 Å². The number of thiophene rings is 1. The fourth-order valence-electron chi connectivity index (χ4n) is 1.85. The van der Waals surface area contributed by atoms with Crippen LogP contribution in [0.2, 0.25) is 0 Å². The zero-order chi connectivity index (χ0) is 13.0. The summed E-state index contributed by atoms with van der Waals surface area (Å²) in [5, 5.41) is 5.28. The summed E-state index contributed by atoms with van der Waals surface area (Å²) in [7, 11) is 4.03. The summed E-state index contributed by atoms with van der Waals surface area (Å²) < 4.78 is 1.01. The van der Waals surface area contributed by atoms with Gasteiger partial charge in [0, 0.05) is 34.7 Å². The lowest BCUT2D eigenvalue weighted by Gasteiger charge is -2.20. The average molecular weight is 326 g/mol. The molecule has 0 aliphatic carbocycles. The number of pyridine rings is 1. The topological polar surface area (TPSA) is 28.2 Å². The van der Waals surface area contributed by atoms with Gasteiger partial charge in [-0.15, -0.1) is 11.3 Å². The van der Waals surface area contributed by atoms with Gasteiger partial charge in [0.25, 0.3) is 0 Å². The number of hydrogen-bond donors (Lipinski definition) is 1. The highest BCUT2D eigenvalue weighted by atomic mass is 79.9. The lowest BCUT2D eigenvalue weighted by atomic mass is 10.2. The van der Waals surface area contributed by atoms with Crippen LogP contribution in [-0.2, 0) is 13.1 Å². The lowest BCUT2D eigenvalue weighted by molar-refractivity contribution is 0.796. The van der Waals surface area contributed by atoms with Crippen molar-refractivity contribution < 1.29 is 0 Å². The standard InChI is InChI=1S/C13H16BrN3S/c1-15-7-10-6-11(14)8-16-13(10)17(2)9-12-4-3-5-18-12/h3-6,8,15H,7,9H2,1-2H3. The molecule has 0 bridgehead atoms. The Morgan fingerprint density at radius 1 is 1.50 bits per heavy atom. The molecule has 0 unspecified atom stereocenters. The van der Waals surface area contributed by atoms with Gasteiger partial charge in [0.1, 0.15) is 5.82 Å². The Morgan fingerprint density at radius 2 is 2.33 bits per heavy atom. The zero-order valence-electron chi connectivity index (χ0n) is 10.5. The Labute approximate surface area is 120 Å². The quantitative estimate of drug-likeness (QED) is 0.914. The van der Waals surface area contributed by atoms with E-state index in [-0.39, 0.29) is 0 Å². The second-order valence-electron chi connectivity index (χ2n) is 4.10. The molecule has 5 heteroatoms. The van der Waals surface area contributed by atoms with Gasteiger partial charge < -0.3 is 10.2 Å². The van der Waals surface area contributed by atoms with Crippen LogP contribution in [0.5, 0.6) is 0 Å². The smallest absolute Gasteiger partial charge is 0.133 e. The van der Waals surface area contributed by atoms with Crippen LogP contribution in [0.1, 0.15) is 10.4 Å². The molecule has 2 aromatic rings. The highest BCUT2D eigenvalue weighted by molar-refractivity contribution is 9.10. The minimum atomic E-state index is 0.816. The summed E-state index contributed by atoms with van der Waals surface area (Å²) in [5.74, 6) is 1.03. The normalized spacial score (nSPS) is 10.6. The number of hydrogen-bond acceptors (Lipinski definition) is 4. The first-order chi connectivity index (χ1) is 8.70. The van der Waals surface area contributed by atoms with Gasteiger partial charge in [-0.3, -0.25) is 0 Å². The summed E-state index contributed by atoms with van der Waals surface area (Å²) in [6, 6.07) is 6.35. The molecule has 0 saturated carbocycles. The molecule has 0 aromatic carbocycles. The minimum Gasteiger partial charge on any atom is -0.354 e. The van der Waals surface area contributed by atoms with Crippen LogP contribution in [0, 0.1) is 0 Å². The van der Waals surface area contributed by atoms with Crippen molar-refractivity contribution >= 4 is 33.1 Å². The maximum Gasteiger partial charge on any atom is 0.133 e. The van der Waals surface area contributed by atoms with Crippen LogP contribution >= 0.6 is 27.3 Å². The third-order valence-electron chi connectivity index (χ3n) is 2.61. The van der Waals surface area contributed by atoms with Crippen molar-refractivity contribution in [3.8, 4) is 0 Å². The molecule has 2 heterocycles. The van der Waals surface area contributed by atoms with E-state index in [9.17, 15) is 0 Å². The highest BCUT2D eigenvalue weighted by Gasteiger charge is 2.10. The predicted octanol–water partition coefficient (Wildman–Crippen LogP) is 3.26. The molecule has 0 atom stereocenters. The molecule has 3 nitrogen and oxygen atoms in total. The van der Waals surface area contributed by atoms with Crippen molar-refractivity contribution in [1.29, 1.82) is 0 Å². The fourth-order valence-corrected chi connectivity index (χ4v) is 2.99. The van der Waals surface area contributed by atoms with E-state index in [4.69, 9.17) is 0 Å². The number of anilines is 1. The Balaban J connectivity index is 2.20. The number of nitrogens with zero attached hydrogens (tertiary/aromatic N) is 2. The highest BCUT2D eigenvalue weighted by Crippen LogP contribution is 2.23. The van der Waals surface area contributed by atoms with Crippen LogP contribution in [0.25, 0.3) is 0 Å². The molecule has 0 amide bonds. The first kappa shape index (κ1) is 13.5. The molecule has 0 aliphatic heterocycles. The van der Waals surface area contributed by atoms with Crippen molar-refractivity contribution in [1.82, 2.24) is 10.3 Å². The number of halogens is 1. The minimum absolute atomic E-state index is 0.816. The molecular weight excluding hydrogens is 310 g/mol. The van der Waals surface area contributed by atoms with Gasteiger partial charge in [-0.1, -0.05) is 6.07 Å². The van der Waals surface area contributed by atoms with E-state index < -0.39 is 0 Å². The van der Waals surface area contributed by atoms with E-state index in [1.165, 1.54) is 10.4 Å². The zero-order valence-corrected chi connectivity index (χ0v) is 12.9. The molecule has 0 aliphatic rings. The Bertz CT molecular complexity index is 499. The molecule has 0 fully saturated rings. The summed E-state index contributed by atoms with van der Waals surface area (Å²) in [5.41, 5.74) is 1.20. The largest absolute Gasteiger partial charge is 0.354 e. The SMILES string of the molecule is CNCc1cc(Br)cnc1N(C)Cc1cccs1. The number of nitrogens with one attached hydrogen (secondary N) is 1. The summed E-state index contributed by atoms with van der Waals surface area (Å²) >= 11 is 5.24.